The van der Waals surface area contributed by atoms with Gasteiger partial charge in [-0.15, -0.1) is 0 Å². The molecule has 1 amide bonds. The molecule has 1 aliphatic heterocycles. The van der Waals surface area contributed by atoms with Gasteiger partial charge in [-0.3, -0.25) is 19.8 Å². The van der Waals surface area contributed by atoms with Crippen LogP contribution in [0.4, 0.5) is 5.69 Å². The van der Waals surface area contributed by atoms with Crippen molar-refractivity contribution < 1.29 is 24.7 Å². The van der Waals surface area contributed by atoms with E-state index >= 15 is 0 Å². The highest BCUT2D eigenvalue weighted by Gasteiger charge is 2.31. The fourth-order valence-electron chi connectivity index (χ4n) is 1.68. The number of carbonyl (C=O) groups is 2. The summed E-state index contributed by atoms with van der Waals surface area (Å²) < 4.78 is 0.0513. The van der Waals surface area contributed by atoms with Crippen molar-refractivity contribution in [2.75, 3.05) is 6.54 Å². The average molecular weight is 338 g/mol. The zero-order valence-electron chi connectivity index (χ0n) is 10.7. The number of benzene rings is 1. The third kappa shape index (κ3) is 3.23. The van der Waals surface area contributed by atoms with Crippen LogP contribution >= 0.6 is 24.0 Å². The molecule has 1 aliphatic rings. The predicted octanol–water partition coefficient (Wildman–Crippen LogP) is -0.381. The fourth-order valence-corrected chi connectivity index (χ4v) is 2.94. The van der Waals surface area contributed by atoms with Gasteiger partial charge in [0, 0.05) is 6.07 Å². The number of hydrogen-bond donors (Lipinski definition) is 0. The second-order valence-corrected chi connectivity index (χ2v) is 5.80. The number of hydrogen-bond acceptors (Lipinski definition) is 8. The maximum atomic E-state index is 12.0. The van der Waals surface area contributed by atoms with E-state index in [4.69, 9.17) is 12.2 Å². The lowest BCUT2D eigenvalue weighted by Crippen LogP contribution is -2.40. The molecule has 1 aromatic carbocycles. The van der Waals surface area contributed by atoms with Gasteiger partial charge in [-0.25, -0.2) is 0 Å². The van der Waals surface area contributed by atoms with E-state index in [9.17, 15) is 29.9 Å². The van der Waals surface area contributed by atoms with E-state index in [0.29, 0.717) is 0 Å². The van der Waals surface area contributed by atoms with Crippen LogP contribution < -0.4 is 10.2 Å². The first kappa shape index (κ1) is 15.9. The molecule has 0 radical (unpaired) electrons. The molecule has 1 heterocycles. The summed E-state index contributed by atoms with van der Waals surface area (Å²) in [6, 6.07) is 3.38. The SMILES string of the molecule is O=C([O-])CN1C(=O)/C(=C/c2ccc([O-])c([N+](=O)[O-])c2)SC1=S. The highest BCUT2D eigenvalue weighted by Crippen LogP contribution is 2.33. The monoisotopic (exact) mass is 338 g/mol. The molecular weight excluding hydrogens is 332 g/mol. The van der Waals surface area contributed by atoms with Crippen LogP contribution in [0.3, 0.4) is 0 Å². The Morgan fingerprint density at radius 3 is 2.73 bits per heavy atom. The minimum atomic E-state index is -1.45. The van der Waals surface area contributed by atoms with Crippen LogP contribution in [0.25, 0.3) is 6.08 Å². The molecule has 10 heteroatoms. The largest absolute Gasteiger partial charge is 0.868 e. The minimum absolute atomic E-state index is 0.0513. The molecule has 1 aromatic rings. The van der Waals surface area contributed by atoms with Crippen LogP contribution in [0.2, 0.25) is 0 Å². The molecule has 1 fully saturated rings. The number of thioether (sulfide) groups is 1. The molecule has 8 nitrogen and oxygen atoms in total. The van der Waals surface area contributed by atoms with Crippen molar-refractivity contribution in [1.29, 1.82) is 0 Å². The summed E-state index contributed by atoms with van der Waals surface area (Å²) >= 11 is 5.76. The number of amides is 1. The zero-order valence-corrected chi connectivity index (χ0v) is 12.3. The molecule has 0 saturated carbocycles. The van der Waals surface area contributed by atoms with E-state index in [0.717, 1.165) is 28.8 Å². The number of nitro groups is 1. The maximum absolute atomic E-state index is 12.0. The summed E-state index contributed by atoms with van der Waals surface area (Å²) in [7, 11) is 0. The maximum Gasteiger partial charge on any atom is 0.266 e. The van der Waals surface area contributed by atoms with Crippen molar-refractivity contribution >= 4 is 51.9 Å². The van der Waals surface area contributed by atoms with E-state index in [2.05, 4.69) is 0 Å². The van der Waals surface area contributed by atoms with Crippen LogP contribution in [0.1, 0.15) is 5.56 Å². The molecular formula is C12H6N2O6S2-2. The highest BCUT2D eigenvalue weighted by molar-refractivity contribution is 8.26. The van der Waals surface area contributed by atoms with Gasteiger partial charge in [-0.05, 0) is 17.4 Å². The number of carboxylic acid groups (broad SMARTS) is 1. The second-order valence-electron chi connectivity index (χ2n) is 4.12. The Morgan fingerprint density at radius 1 is 1.45 bits per heavy atom. The molecule has 0 bridgehead atoms. The number of thiocarbonyl (C=S) groups is 1. The molecule has 0 spiro atoms. The summed E-state index contributed by atoms with van der Waals surface area (Å²) in [4.78, 5) is 33.4. The summed E-state index contributed by atoms with van der Waals surface area (Å²) in [5.41, 5.74) is -0.348. The Hall–Kier alpha value is -2.46. The van der Waals surface area contributed by atoms with Gasteiger partial charge in [0.2, 0.25) is 0 Å². The molecule has 22 heavy (non-hydrogen) atoms. The predicted molar refractivity (Wildman–Crippen MR) is 77.4 cm³/mol. The third-order valence-electron chi connectivity index (χ3n) is 2.64. The van der Waals surface area contributed by atoms with Gasteiger partial charge in [0.05, 0.1) is 22.3 Å². The summed E-state index contributed by atoms with van der Waals surface area (Å²) in [6.45, 7) is -0.665. The van der Waals surface area contributed by atoms with Crippen molar-refractivity contribution in [3.8, 4) is 5.75 Å². The molecule has 0 aromatic heterocycles. The standard InChI is InChI=1S/C12H8N2O6S2/c15-8-2-1-6(3-7(8)14(19)20)4-9-11(18)13(5-10(16)17)12(21)22-9/h1-4,15H,5H2,(H,16,17)/p-2/b9-4-. The van der Waals surface area contributed by atoms with E-state index < -0.39 is 34.8 Å². The van der Waals surface area contributed by atoms with E-state index in [-0.39, 0.29) is 14.8 Å². The first-order valence-electron chi connectivity index (χ1n) is 5.70. The lowest BCUT2D eigenvalue weighted by molar-refractivity contribution is -0.398. The Labute approximate surface area is 133 Å². The van der Waals surface area contributed by atoms with E-state index in [1.807, 2.05) is 0 Å². The van der Waals surface area contributed by atoms with Gasteiger partial charge in [-0.1, -0.05) is 36.1 Å². The van der Waals surface area contributed by atoms with Crippen molar-refractivity contribution in [3.05, 3.63) is 38.8 Å². The van der Waals surface area contributed by atoms with Gasteiger partial charge < -0.3 is 15.0 Å². The molecule has 0 unspecified atom stereocenters. The first-order valence-corrected chi connectivity index (χ1v) is 6.92. The second kappa shape index (κ2) is 6.12. The van der Waals surface area contributed by atoms with Gasteiger partial charge in [0.15, 0.2) is 0 Å². The van der Waals surface area contributed by atoms with Crippen molar-refractivity contribution in [3.63, 3.8) is 0 Å². The van der Waals surface area contributed by atoms with Crippen LogP contribution in [0.15, 0.2) is 23.1 Å². The molecule has 0 aliphatic carbocycles. The summed E-state index contributed by atoms with van der Waals surface area (Å²) in [5, 5.41) is 32.6. The lowest BCUT2D eigenvalue weighted by atomic mass is 10.1. The lowest BCUT2D eigenvalue weighted by Gasteiger charge is -2.14. The van der Waals surface area contributed by atoms with E-state index in [1.54, 1.807) is 0 Å². The van der Waals surface area contributed by atoms with Crippen molar-refractivity contribution in [1.82, 2.24) is 4.90 Å². The van der Waals surface area contributed by atoms with Crippen LogP contribution in [-0.4, -0.2) is 32.6 Å². The van der Waals surface area contributed by atoms with Crippen LogP contribution in [-0.2, 0) is 9.59 Å². The summed E-state index contributed by atoms with van der Waals surface area (Å²) in [5.74, 6) is -2.83. The number of nitrogens with zero attached hydrogens (tertiary/aromatic N) is 2. The Bertz CT molecular complexity index is 730. The molecule has 0 N–H and O–H groups in total. The number of rotatable bonds is 4. The number of carboxylic acids is 1. The molecule has 2 rings (SSSR count). The average Bonchev–Trinajstić information content (AvgIpc) is 2.68. The summed E-state index contributed by atoms with van der Waals surface area (Å²) in [6.07, 6.45) is 1.31. The number of carbonyl (C=O) groups excluding carboxylic acids is 2. The Morgan fingerprint density at radius 2 is 2.14 bits per heavy atom. The van der Waals surface area contributed by atoms with Gasteiger partial charge in [0.25, 0.3) is 11.6 Å². The van der Waals surface area contributed by atoms with Gasteiger partial charge >= 0.3 is 0 Å². The first-order chi connectivity index (χ1) is 10.3. The molecule has 0 atom stereocenters. The minimum Gasteiger partial charge on any atom is -0.868 e. The smallest absolute Gasteiger partial charge is 0.266 e. The molecule has 1 saturated heterocycles. The normalized spacial score (nSPS) is 16.4. The van der Waals surface area contributed by atoms with Gasteiger partial charge in [0.1, 0.15) is 4.32 Å². The third-order valence-corrected chi connectivity index (χ3v) is 4.02. The topological polar surface area (TPSA) is 127 Å². The fraction of sp³-hybridized carbons (Fsp3) is 0.0833. The molecule has 114 valence electrons. The Kier molecular flexibility index (Phi) is 4.43. The Balaban J connectivity index is 2.33. The quantitative estimate of drug-likeness (QED) is 0.315. The van der Waals surface area contributed by atoms with Crippen molar-refractivity contribution in [2.45, 2.75) is 0 Å². The van der Waals surface area contributed by atoms with E-state index in [1.165, 1.54) is 12.1 Å². The van der Waals surface area contributed by atoms with Crippen LogP contribution in [0, 0.1) is 10.1 Å². The van der Waals surface area contributed by atoms with Crippen LogP contribution in [0.5, 0.6) is 5.75 Å². The van der Waals surface area contributed by atoms with Gasteiger partial charge in [-0.2, -0.15) is 0 Å². The van der Waals surface area contributed by atoms with Crippen molar-refractivity contribution in [2.24, 2.45) is 0 Å². The number of aliphatic carboxylic acids is 1. The number of nitro benzene ring substituents is 1. The highest BCUT2D eigenvalue weighted by atomic mass is 32.2. The zero-order chi connectivity index (χ0) is 16.4.